The number of carbonyl (C=O) groups excluding carboxylic acids is 1. The molecule has 0 aliphatic rings. The van der Waals surface area contributed by atoms with Crippen molar-refractivity contribution in [3.05, 3.63) is 66.1 Å². The second-order valence-electron chi connectivity index (χ2n) is 5.97. The highest BCUT2D eigenvalue weighted by molar-refractivity contribution is 5.94. The maximum absolute atomic E-state index is 12.4. The number of benzene rings is 1. The van der Waals surface area contributed by atoms with Crippen molar-refractivity contribution in [1.29, 1.82) is 0 Å². The van der Waals surface area contributed by atoms with Crippen LogP contribution in [0.2, 0.25) is 0 Å². The second-order valence-corrected chi connectivity index (χ2v) is 5.97. The summed E-state index contributed by atoms with van der Waals surface area (Å²) in [5.74, 6) is 0.557. The fourth-order valence-electron chi connectivity index (χ4n) is 2.61. The Hall–Kier alpha value is -3.19. The lowest BCUT2D eigenvalue weighted by atomic mass is 10.1. The van der Waals surface area contributed by atoms with Crippen molar-refractivity contribution >= 4 is 5.91 Å². The summed E-state index contributed by atoms with van der Waals surface area (Å²) < 4.78 is 12.2. The second kappa shape index (κ2) is 8.95. The Morgan fingerprint density at radius 2 is 1.96 bits per heavy atom. The number of ether oxygens (including phenoxy) is 2. The number of aromatic nitrogens is 3. The number of amides is 1. The van der Waals surface area contributed by atoms with Gasteiger partial charge in [-0.1, -0.05) is 0 Å². The molecule has 0 unspecified atom stereocenters. The van der Waals surface area contributed by atoms with E-state index >= 15 is 0 Å². The minimum atomic E-state index is -0.149. The van der Waals surface area contributed by atoms with E-state index in [1.54, 1.807) is 54.6 Å². The maximum Gasteiger partial charge on any atom is 0.251 e. The molecular formula is C20H22N4O3. The molecule has 3 aromatic rings. The quantitative estimate of drug-likeness (QED) is 0.620. The van der Waals surface area contributed by atoms with Crippen LogP contribution in [0.1, 0.15) is 15.9 Å². The monoisotopic (exact) mass is 366 g/mol. The van der Waals surface area contributed by atoms with Gasteiger partial charge in [-0.3, -0.25) is 14.5 Å². The Kier molecular flexibility index (Phi) is 6.17. The van der Waals surface area contributed by atoms with Gasteiger partial charge < -0.3 is 14.8 Å². The number of hydrogen-bond acceptors (Lipinski definition) is 5. The Morgan fingerprint density at radius 3 is 2.67 bits per heavy atom. The van der Waals surface area contributed by atoms with Gasteiger partial charge in [0, 0.05) is 50.4 Å². The van der Waals surface area contributed by atoms with Crippen LogP contribution < -0.4 is 10.1 Å². The lowest BCUT2D eigenvalue weighted by Gasteiger charge is -2.09. The number of hydrogen-bond donors (Lipinski definition) is 1. The van der Waals surface area contributed by atoms with Crippen LogP contribution in [0.5, 0.6) is 5.75 Å². The number of pyridine rings is 1. The van der Waals surface area contributed by atoms with Gasteiger partial charge in [-0.25, -0.2) is 0 Å². The van der Waals surface area contributed by atoms with Crippen LogP contribution in [0.3, 0.4) is 0 Å². The first-order valence-corrected chi connectivity index (χ1v) is 8.59. The standard InChI is InChI=1S/C20H22N4O3/c1-24-19(7-8-23-24)17-11-15(12-21-14-17)13-22-20(25)16-3-5-18(6-4-16)27-10-9-26-2/h3-8,11-12,14H,9-10,13H2,1-2H3,(H,22,25). The molecule has 1 N–H and O–H groups in total. The predicted octanol–water partition coefficient (Wildman–Crippen LogP) is 2.44. The molecule has 0 atom stereocenters. The third-order valence-electron chi connectivity index (χ3n) is 4.04. The van der Waals surface area contributed by atoms with Gasteiger partial charge in [0.1, 0.15) is 12.4 Å². The van der Waals surface area contributed by atoms with Crippen LogP contribution in [0.4, 0.5) is 0 Å². The van der Waals surface area contributed by atoms with E-state index in [1.807, 2.05) is 19.2 Å². The lowest BCUT2D eigenvalue weighted by Crippen LogP contribution is -2.22. The summed E-state index contributed by atoms with van der Waals surface area (Å²) in [7, 11) is 3.51. The van der Waals surface area contributed by atoms with Crippen LogP contribution in [0.25, 0.3) is 11.3 Å². The molecule has 2 aromatic heterocycles. The molecule has 0 aliphatic heterocycles. The molecule has 1 aromatic carbocycles. The number of nitrogens with zero attached hydrogens (tertiary/aromatic N) is 3. The van der Waals surface area contributed by atoms with E-state index in [1.165, 1.54) is 0 Å². The fourth-order valence-corrected chi connectivity index (χ4v) is 2.61. The normalized spacial score (nSPS) is 10.6. The molecule has 27 heavy (non-hydrogen) atoms. The van der Waals surface area contributed by atoms with Crippen LogP contribution in [-0.4, -0.2) is 41.0 Å². The SMILES string of the molecule is COCCOc1ccc(C(=O)NCc2cncc(-c3ccnn3C)c2)cc1. The van der Waals surface area contributed by atoms with Gasteiger partial charge in [-0.05, 0) is 42.0 Å². The van der Waals surface area contributed by atoms with Gasteiger partial charge in [0.15, 0.2) is 0 Å². The molecule has 7 heteroatoms. The molecule has 3 rings (SSSR count). The van der Waals surface area contributed by atoms with E-state index in [2.05, 4.69) is 15.4 Å². The van der Waals surface area contributed by atoms with Crippen molar-refractivity contribution in [3.8, 4) is 17.0 Å². The average Bonchev–Trinajstić information content (AvgIpc) is 3.13. The summed E-state index contributed by atoms with van der Waals surface area (Å²) >= 11 is 0. The van der Waals surface area contributed by atoms with Gasteiger partial charge in [0.05, 0.1) is 12.3 Å². The molecule has 0 aliphatic carbocycles. The van der Waals surface area contributed by atoms with Crippen LogP contribution in [0.15, 0.2) is 55.0 Å². The summed E-state index contributed by atoms with van der Waals surface area (Å²) in [4.78, 5) is 16.6. The zero-order valence-electron chi connectivity index (χ0n) is 15.4. The summed E-state index contributed by atoms with van der Waals surface area (Å²) in [5.41, 5.74) is 3.42. The van der Waals surface area contributed by atoms with E-state index in [-0.39, 0.29) is 5.91 Å². The Labute approximate surface area is 158 Å². The van der Waals surface area contributed by atoms with E-state index < -0.39 is 0 Å². The van der Waals surface area contributed by atoms with Crippen LogP contribution in [0, 0.1) is 0 Å². The van der Waals surface area contributed by atoms with Crippen LogP contribution in [-0.2, 0) is 18.3 Å². The Balaban J connectivity index is 1.58. The molecule has 1 amide bonds. The number of aryl methyl sites for hydroxylation is 1. The van der Waals surface area contributed by atoms with E-state index in [0.717, 1.165) is 16.8 Å². The highest BCUT2D eigenvalue weighted by Gasteiger charge is 2.08. The maximum atomic E-state index is 12.4. The Bertz CT molecular complexity index is 890. The topological polar surface area (TPSA) is 78.3 Å². The van der Waals surface area contributed by atoms with Crippen molar-refractivity contribution in [2.75, 3.05) is 20.3 Å². The van der Waals surface area contributed by atoms with Crippen molar-refractivity contribution in [1.82, 2.24) is 20.1 Å². The molecule has 7 nitrogen and oxygen atoms in total. The first-order chi connectivity index (χ1) is 13.2. The summed E-state index contributed by atoms with van der Waals surface area (Å²) in [5, 5.41) is 7.08. The predicted molar refractivity (Wildman–Crippen MR) is 101 cm³/mol. The summed E-state index contributed by atoms with van der Waals surface area (Å²) in [6, 6.07) is 10.9. The summed E-state index contributed by atoms with van der Waals surface area (Å²) in [6.07, 6.45) is 5.27. The minimum absolute atomic E-state index is 0.149. The van der Waals surface area contributed by atoms with Crippen molar-refractivity contribution in [2.45, 2.75) is 6.54 Å². The largest absolute Gasteiger partial charge is 0.491 e. The highest BCUT2D eigenvalue weighted by Crippen LogP contribution is 2.18. The number of rotatable bonds is 8. The van der Waals surface area contributed by atoms with E-state index in [0.29, 0.717) is 31.1 Å². The molecule has 0 radical (unpaired) electrons. The fraction of sp³-hybridized carbons (Fsp3) is 0.250. The molecule has 0 fully saturated rings. The Morgan fingerprint density at radius 1 is 1.15 bits per heavy atom. The van der Waals surface area contributed by atoms with Crippen molar-refractivity contribution in [3.63, 3.8) is 0 Å². The smallest absolute Gasteiger partial charge is 0.251 e. The third-order valence-corrected chi connectivity index (χ3v) is 4.04. The molecule has 2 heterocycles. The van der Waals surface area contributed by atoms with Crippen LogP contribution >= 0.6 is 0 Å². The average molecular weight is 366 g/mol. The first-order valence-electron chi connectivity index (χ1n) is 8.59. The van der Waals surface area contributed by atoms with Gasteiger partial charge in [-0.15, -0.1) is 0 Å². The zero-order valence-corrected chi connectivity index (χ0v) is 15.4. The molecule has 0 bridgehead atoms. The molecule has 0 spiro atoms. The summed E-state index contributed by atoms with van der Waals surface area (Å²) in [6.45, 7) is 1.39. The van der Waals surface area contributed by atoms with Gasteiger partial charge in [0.2, 0.25) is 0 Å². The first kappa shape index (κ1) is 18.6. The highest BCUT2D eigenvalue weighted by atomic mass is 16.5. The lowest BCUT2D eigenvalue weighted by molar-refractivity contribution is 0.0950. The van der Waals surface area contributed by atoms with Gasteiger partial charge in [-0.2, -0.15) is 5.10 Å². The van der Waals surface area contributed by atoms with Crippen molar-refractivity contribution < 1.29 is 14.3 Å². The number of methoxy groups -OCH3 is 1. The molecule has 0 saturated carbocycles. The van der Waals surface area contributed by atoms with Crippen molar-refractivity contribution in [2.24, 2.45) is 7.05 Å². The number of nitrogens with one attached hydrogen (secondary N) is 1. The molecule has 140 valence electrons. The third kappa shape index (κ3) is 4.92. The minimum Gasteiger partial charge on any atom is -0.491 e. The van der Waals surface area contributed by atoms with E-state index in [9.17, 15) is 4.79 Å². The van der Waals surface area contributed by atoms with E-state index in [4.69, 9.17) is 9.47 Å². The van der Waals surface area contributed by atoms with Gasteiger partial charge in [0.25, 0.3) is 5.91 Å². The molecular weight excluding hydrogens is 344 g/mol. The number of carbonyl (C=O) groups is 1. The zero-order chi connectivity index (χ0) is 19.1. The molecule has 0 saturated heterocycles. The van der Waals surface area contributed by atoms with Gasteiger partial charge >= 0.3 is 0 Å².